The molecule has 0 radical (unpaired) electrons. The first kappa shape index (κ1) is 20.2. The third kappa shape index (κ3) is 4.85. The van der Waals surface area contributed by atoms with E-state index in [1.165, 1.54) is 28.7 Å². The number of benzene rings is 1. The molecule has 28 heavy (non-hydrogen) atoms. The fourth-order valence-corrected chi connectivity index (χ4v) is 3.74. The molecule has 1 aromatic carbocycles. The summed E-state index contributed by atoms with van der Waals surface area (Å²) in [6.45, 7) is 10.9. The molecule has 0 spiro atoms. The van der Waals surface area contributed by atoms with Crippen molar-refractivity contribution in [1.29, 1.82) is 0 Å². The van der Waals surface area contributed by atoms with E-state index in [2.05, 4.69) is 77.3 Å². The number of nitrogens with one attached hydrogen (secondary N) is 1. The van der Waals surface area contributed by atoms with Gasteiger partial charge >= 0.3 is 0 Å². The normalized spacial score (nSPS) is 11.4. The second-order valence-electron chi connectivity index (χ2n) is 7.11. The third-order valence-electron chi connectivity index (χ3n) is 3.98. The van der Waals surface area contributed by atoms with Gasteiger partial charge in [-0.15, -0.1) is 27.0 Å². The maximum atomic E-state index is 12.1. The number of carbonyl (C=O) groups is 1. The Balaban J connectivity index is 1.76. The monoisotopic (exact) mass is 414 g/mol. The van der Waals surface area contributed by atoms with Gasteiger partial charge in [0.15, 0.2) is 11.0 Å². The molecule has 2 aromatic heterocycles. The van der Waals surface area contributed by atoms with E-state index in [-0.39, 0.29) is 17.1 Å². The topological polar surface area (TPSA) is 85.6 Å². The maximum Gasteiger partial charge on any atom is 0.236 e. The summed E-state index contributed by atoms with van der Waals surface area (Å²) in [5.41, 5.74) is 3.90. The number of hydrogen-bond donors (Lipinski definition) is 1. The van der Waals surface area contributed by atoms with Gasteiger partial charge in [-0.2, -0.15) is 0 Å². The van der Waals surface area contributed by atoms with Crippen LogP contribution in [0.1, 0.15) is 26.3 Å². The van der Waals surface area contributed by atoms with Crippen molar-refractivity contribution in [3.63, 3.8) is 0 Å². The molecule has 0 aliphatic carbocycles. The Morgan fingerprint density at radius 2 is 2.00 bits per heavy atom. The van der Waals surface area contributed by atoms with Crippen LogP contribution in [-0.2, 0) is 16.8 Å². The molecule has 3 aromatic rings. The van der Waals surface area contributed by atoms with Gasteiger partial charge in [-0.05, 0) is 11.0 Å². The van der Waals surface area contributed by atoms with E-state index in [0.29, 0.717) is 16.8 Å². The molecule has 0 fully saturated rings. The lowest BCUT2D eigenvalue weighted by Crippen LogP contribution is -2.14. The molecular weight excluding hydrogens is 392 g/mol. The number of aromatic nitrogens is 5. The first-order valence-electron chi connectivity index (χ1n) is 8.72. The fourth-order valence-electron chi connectivity index (χ4n) is 2.53. The second-order valence-corrected chi connectivity index (χ2v) is 8.89. The van der Waals surface area contributed by atoms with Gasteiger partial charge in [-0.3, -0.25) is 14.7 Å². The predicted molar refractivity (Wildman–Crippen MR) is 114 cm³/mol. The van der Waals surface area contributed by atoms with Crippen molar-refractivity contribution in [2.75, 3.05) is 11.1 Å². The van der Waals surface area contributed by atoms with E-state index in [4.69, 9.17) is 0 Å². The van der Waals surface area contributed by atoms with Crippen LogP contribution < -0.4 is 5.32 Å². The highest BCUT2D eigenvalue weighted by Gasteiger charge is 2.17. The highest BCUT2D eigenvalue weighted by atomic mass is 32.2. The highest BCUT2D eigenvalue weighted by Crippen LogP contribution is 2.28. The van der Waals surface area contributed by atoms with Crippen molar-refractivity contribution in [2.24, 2.45) is 0 Å². The van der Waals surface area contributed by atoms with Crippen molar-refractivity contribution in [3.8, 4) is 11.4 Å². The zero-order valence-corrected chi connectivity index (χ0v) is 17.7. The molecule has 0 saturated carbocycles. The van der Waals surface area contributed by atoms with Crippen LogP contribution in [0.4, 0.5) is 5.13 Å². The zero-order valence-electron chi connectivity index (χ0n) is 16.0. The van der Waals surface area contributed by atoms with Crippen LogP contribution >= 0.6 is 23.1 Å². The van der Waals surface area contributed by atoms with E-state index in [9.17, 15) is 4.79 Å². The first-order valence-corrected chi connectivity index (χ1v) is 10.6. The molecule has 2 heterocycles. The molecule has 1 N–H and O–H groups in total. The van der Waals surface area contributed by atoms with Crippen LogP contribution in [0.15, 0.2) is 47.6 Å². The van der Waals surface area contributed by atoms with Gasteiger partial charge in [0.05, 0.1) is 5.75 Å². The summed E-state index contributed by atoms with van der Waals surface area (Å²) in [6.07, 6.45) is 1.79. The zero-order chi connectivity index (χ0) is 20.1. The molecule has 0 atom stereocenters. The smallest absolute Gasteiger partial charge is 0.236 e. The van der Waals surface area contributed by atoms with E-state index in [1.54, 1.807) is 11.6 Å². The number of carbonyl (C=O) groups excluding carboxylic acids is 1. The molecule has 146 valence electrons. The van der Waals surface area contributed by atoms with Gasteiger partial charge in [0, 0.05) is 12.1 Å². The summed E-state index contributed by atoms with van der Waals surface area (Å²) in [6, 6.07) is 8.34. The Hall–Kier alpha value is -2.52. The van der Waals surface area contributed by atoms with Crippen LogP contribution in [0.2, 0.25) is 0 Å². The van der Waals surface area contributed by atoms with Crippen LogP contribution in [0, 0.1) is 0 Å². The van der Waals surface area contributed by atoms with Crippen molar-refractivity contribution >= 4 is 34.1 Å². The van der Waals surface area contributed by atoms with Crippen molar-refractivity contribution in [1.82, 2.24) is 25.0 Å². The Bertz CT molecular complexity index is 942. The summed E-state index contributed by atoms with van der Waals surface area (Å²) < 4.78 is 1.96. The van der Waals surface area contributed by atoms with Crippen LogP contribution in [0.3, 0.4) is 0 Å². The summed E-state index contributed by atoms with van der Waals surface area (Å²) in [5, 5.41) is 20.0. The van der Waals surface area contributed by atoms with Crippen LogP contribution in [-0.4, -0.2) is 36.6 Å². The van der Waals surface area contributed by atoms with Gasteiger partial charge < -0.3 is 0 Å². The number of thioether (sulfide) groups is 1. The highest BCUT2D eigenvalue weighted by molar-refractivity contribution is 7.99. The number of nitrogens with zero attached hydrogens (tertiary/aromatic N) is 5. The average molecular weight is 415 g/mol. The number of hydrogen-bond acceptors (Lipinski definition) is 7. The van der Waals surface area contributed by atoms with Crippen LogP contribution in [0.5, 0.6) is 0 Å². The largest absolute Gasteiger partial charge is 0.300 e. The van der Waals surface area contributed by atoms with Crippen molar-refractivity contribution < 1.29 is 4.79 Å². The summed E-state index contributed by atoms with van der Waals surface area (Å²) in [7, 11) is 0. The quantitative estimate of drug-likeness (QED) is 0.464. The molecule has 0 saturated heterocycles. The molecule has 0 bridgehead atoms. The van der Waals surface area contributed by atoms with Gasteiger partial charge in [-0.1, -0.05) is 74.2 Å². The Morgan fingerprint density at radius 1 is 1.25 bits per heavy atom. The minimum atomic E-state index is -0.161. The predicted octanol–water partition coefficient (Wildman–Crippen LogP) is 4.01. The molecule has 0 aliphatic heterocycles. The third-order valence-corrected chi connectivity index (χ3v) is 5.55. The summed E-state index contributed by atoms with van der Waals surface area (Å²) in [4.78, 5) is 12.1. The standard InChI is InChI=1S/C19H22N6OS2/c1-5-10-25-16(13-6-8-14(9-7-13)19(2,3)4)22-24-18(25)27-11-15(26)21-17-23-20-12-28-17/h5-9,12H,1,10-11H2,2-4H3,(H,21,23,26). The first-order chi connectivity index (χ1) is 13.4. The summed E-state index contributed by atoms with van der Waals surface area (Å²) in [5.74, 6) is 0.802. The minimum absolute atomic E-state index is 0.0919. The molecule has 7 nitrogen and oxygen atoms in total. The molecule has 0 aliphatic rings. The van der Waals surface area contributed by atoms with E-state index in [1.807, 2.05) is 4.57 Å². The Labute approximate surface area is 172 Å². The van der Waals surface area contributed by atoms with Gasteiger partial charge in [0.1, 0.15) is 5.51 Å². The maximum absolute atomic E-state index is 12.1. The van der Waals surface area contributed by atoms with Gasteiger partial charge in [-0.25, -0.2) is 0 Å². The number of rotatable bonds is 7. The minimum Gasteiger partial charge on any atom is -0.300 e. The fraction of sp³-hybridized carbons (Fsp3) is 0.316. The molecule has 9 heteroatoms. The summed E-state index contributed by atoms with van der Waals surface area (Å²) >= 11 is 2.60. The molecule has 0 unspecified atom stereocenters. The number of anilines is 1. The average Bonchev–Trinajstić information content (AvgIpc) is 3.30. The van der Waals surface area contributed by atoms with Crippen molar-refractivity contribution in [3.05, 3.63) is 48.0 Å². The van der Waals surface area contributed by atoms with Gasteiger partial charge in [0.2, 0.25) is 11.0 Å². The number of allylic oxidation sites excluding steroid dienone is 1. The lowest BCUT2D eigenvalue weighted by Gasteiger charge is -2.19. The van der Waals surface area contributed by atoms with E-state index >= 15 is 0 Å². The number of amides is 1. The van der Waals surface area contributed by atoms with Crippen molar-refractivity contribution in [2.45, 2.75) is 37.9 Å². The SMILES string of the molecule is C=CCn1c(SCC(=O)Nc2nncs2)nnc1-c1ccc(C(C)(C)C)cc1. The molecular formula is C19H22N6OS2. The molecule has 3 rings (SSSR count). The Morgan fingerprint density at radius 3 is 2.61 bits per heavy atom. The van der Waals surface area contributed by atoms with Gasteiger partial charge in [0.25, 0.3) is 0 Å². The van der Waals surface area contributed by atoms with E-state index in [0.717, 1.165) is 11.4 Å². The molecule has 1 amide bonds. The van der Waals surface area contributed by atoms with Crippen LogP contribution in [0.25, 0.3) is 11.4 Å². The lowest BCUT2D eigenvalue weighted by atomic mass is 9.87. The second kappa shape index (κ2) is 8.66. The Kier molecular flexibility index (Phi) is 6.25. The van der Waals surface area contributed by atoms with E-state index < -0.39 is 0 Å². The lowest BCUT2D eigenvalue weighted by molar-refractivity contribution is -0.113.